The van der Waals surface area contributed by atoms with Gasteiger partial charge in [0, 0.05) is 35.8 Å². The van der Waals surface area contributed by atoms with Crippen molar-refractivity contribution in [1.29, 1.82) is 0 Å². The second-order valence-electron chi connectivity index (χ2n) is 4.44. The average molecular weight is 296 g/mol. The summed E-state index contributed by atoms with van der Waals surface area (Å²) in [7, 11) is 0. The van der Waals surface area contributed by atoms with Crippen LogP contribution in [0.3, 0.4) is 0 Å². The van der Waals surface area contributed by atoms with Crippen LogP contribution in [0, 0.1) is 15.9 Å². The Morgan fingerprint density at radius 2 is 1.73 bits per heavy atom. The summed E-state index contributed by atoms with van der Waals surface area (Å²) < 4.78 is 14.0. The van der Waals surface area contributed by atoms with Gasteiger partial charge in [-0.3, -0.25) is 20.1 Å². The van der Waals surface area contributed by atoms with Gasteiger partial charge >= 0.3 is 0 Å². The lowest BCUT2D eigenvalue weighted by Gasteiger charge is -2.09. The van der Waals surface area contributed by atoms with Gasteiger partial charge in [0.1, 0.15) is 6.20 Å². The van der Waals surface area contributed by atoms with Crippen molar-refractivity contribution in [3.05, 3.63) is 71.2 Å². The summed E-state index contributed by atoms with van der Waals surface area (Å²) in [5, 5.41) is 11.0. The molecule has 3 heterocycles. The van der Waals surface area contributed by atoms with Gasteiger partial charge in [0.25, 0.3) is 5.69 Å². The van der Waals surface area contributed by atoms with Crippen LogP contribution in [0.25, 0.3) is 22.4 Å². The van der Waals surface area contributed by atoms with Crippen molar-refractivity contribution in [3.8, 4) is 22.4 Å². The van der Waals surface area contributed by atoms with Crippen molar-refractivity contribution in [1.82, 2.24) is 15.0 Å². The fourth-order valence-electron chi connectivity index (χ4n) is 2.09. The number of nitro groups is 1. The molecule has 0 amide bonds. The van der Waals surface area contributed by atoms with Crippen LogP contribution in [0.2, 0.25) is 0 Å². The molecule has 0 atom stereocenters. The first-order valence-electron chi connectivity index (χ1n) is 6.31. The molecule has 0 saturated heterocycles. The molecule has 22 heavy (non-hydrogen) atoms. The Hall–Kier alpha value is -3.22. The second-order valence-corrected chi connectivity index (χ2v) is 4.44. The molecule has 0 aliphatic rings. The molecule has 0 saturated carbocycles. The fraction of sp³-hybridized carbons (Fsp3) is 0. The van der Waals surface area contributed by atoms with E-state index in [-0.39, 0.29) is 11.3 Å². The fourth-order valence-corrected chi connectivity index (χ4v) is 2.09. The summed E-state index contributed by atoms with van der Waals surface area (Å²) in [6.45, 7) is 0. The molecule has 0 aliphatic heterocycles. The lowest BCUT2D eigenvalue weighted by Crippen LogP contribution is -1.96. The molecule has 0 fully saturated rings. The van der Waals surface area contributed by atoms with E-state index in [1.54, 1.807) is 24.5 Å². The number of nitrogens with zero attached hydrogens (tertiary/aromatic N) is 4. The molecular weight excluding hydrogens is 287 g/mol. The summed E-state index contributed by atoms with van der Waals surface area (Å²) in [6.07, 6.45) is 6.74. The third kappa shape index (κ3) is 2.51. The summed E-state index contributed by atoms with van der Waals surface area (Å²) in [4.78, 5) is 22.1. The highest BCUT2D eigenvalue weighted by atomic mass is 19.1. The van der Waals surface area contributed by atoms with E-state index in [1.165, 1.54) is 18.3 Å². The standard InChI is InChI=1S/C15H9FN4O2/c16-14-9-18-6-3-12(14)15-13(10-1-4-17-5-2-10)7-11(8-19-15)20(21)22/h1-9H. The lowest BCUT2D eigenvalue weighted by atomic mass is 10.0. The summed E-state index contributed by atoms with van der Waals surface area (Å²) in [5.74, 6) is -0.542. The third-order valence-corrected chi connectivity index (χ3v) is 3.10. The summed E-state index contributed by atoms with van der Waals surface area (Å²) in [6, 6.07) is 6.22. The largest absolute Gasteiger partial charge is 0.288 e. The highest BCUT2D eigenvalue weighted by Gasteiger charge is 2.17. The smallest absolute Gasteiger partial charge is 0.265 e. The first kappa shape index (κ1) is 13.7. The third-order valence-electron chi connectivity index (χ3n) is 3.10. The Morgan fingerprint density at radius 3 is 2.41 bits per heavy atom. The van der Waals surface area contributed by atoms with E-state index < -0.39 is 10.7 Å². The van der Waals surface area contributed by atoms with E-state index in [4.69, 9.17) is 0 Å². The lowest BCUT2D eigenvalue weighted by molar-refractivity contribution is -0.385. The highest BCUT2D eigenvalue weighted by molar-refractivity contribution is 5.81. The molecule has 0 aliphatic carbocycles. The van der Waals surface area contributed by atoms with Crippen LogP contribution in [-0.2, 0) is 0 Å². The van der Waals surface area contributed by atoms with E-state index in [0.29, 0.717) is 16.8 Å². The SMILES string of the molecule is O=[N+]([O-])c1cnc(-c2ccncc2F)c(-c2ccncc2)c1. The molecule has 0 unspecified atom stereocenters. The van der Waals surface area contributed by atoms with Crippen molar-refractivity contribution < 1.29 is 9.31 Å². The Kier molecular flexibility index (Phi) is 3.53. The number of hydrogen-bond acceptors (Lipinski definition) is 5. The molecule has 7 heteroatoms. The summed E-state index contributed by atoms with van der Waals surface area (Å²) >= 11 is 0. The van der Waals surface area contributed by atoms with E-state index in [1.807, 2.05) is 0 Å². The van der Waals surface area contributed by atoms with Gasteiger partial charge in [-0.15, -0.1) is 0 Å². The molecular formula is C15H9FN4O2. The van der Waals surface area contributed by atoms with Crippen LogP contribution in [0.15, 0.2) is 55.2 Å². The van der Waals surface area contributed by atoms with Gasteiger partial charge in [0.15, 0.2) is 5.82 Å². The summed E-state index contributed by atoms with van der Waals surface area (Å²) in [5.41, 5.74) is 1.51. The van der Waals surface area contributed by atoms with Crippen LogP contribution in [0.4, 0.5) is 10.1 Å². The molecule has 3 rings (SSSR count). The van der Waals surface area contributed by atoms with E-state index in [0.717, 1.165) is 12.4 Å². The Labute approximate surface area is 124 Å². The Morgan fingerprint density at radius 1 is 1.00 bits per heavy atom. The van der Waals surface area contributed by atoms with Crippen LogP contribution in [0.5, 0.6) is 0 Å². The highest BCUT2D eigenvalue weighted by Crippen LogP contribution is 2.33. The van der Waals surface area contributed by atoms with Crippen LogP contribution in [-0.4, -0.2) is 19.9 Å². The van der Waals surface area contributed by atoms with Crippen LogP contribution in [0.1, 0.15) is 0 Å². The molecule has 0 aromatic carbocycles. The molecule has 3 aromatic heterocycles. The second kappa shape index (κ2) is 5.65. The van der Waals surface area contributed by atoms with Crippen molar-refractivity contribution >= 4 is 5.69 Å². The molecule has 0 radical (unpaired) electrons. The topological polar surface area (TPSA) is 81.8 Å². The Balaban J connectivity index is 2.27. The van der Waals surface area contributed by atoms with E-state index in [9.17, 15) is 14.5 Å². The van der Waals surface area contributed by atoms with Gasteiger partial charge in [-0.1, -0.05) is 0 Å². The normalized spacial score (nSPS) is 10.4. The van der Waals surface area contributed by atoms with Gasteiger partial charge < -0.3 is 0 Å². The predicted octanol–water partition coefficient (Wildman–Crippen LogP) is 3.25. The minimum atomic E-state index is -0.542. The quantitative estimate of drug-likeness (QED) is 0.547. The number of halogens is 1. The van der Waals surface area contributed by atoms with Gasteiger partial charge in [0.2, 0.25) is 0 Å². The van der Waals surface area contributed by atoms with Gasteiger partial charge in [-0.05, 0) is 23.8 Å². The number of aromatic nitrogens is 3. The minimum absolute atomic E-state index is 0.162. The first-order valence-corrected chi connectivity index (χ1v) is 6.31. The van der Waals surface area contributed by atoms with Crippen molar-refractivity contribution in [2.75, 3.05) is 0 Å². The van der Waals surface area contributed by atoms with Crippen molar-refractivity contribution in [2.45, 2.75) is 0 Å². The van der Waals surface area contributed by atoms with Crippen LogP contribution < -0.4 is 0 Å². The molecule has 0 bridgehead atoms. The van der Waals surface area contributed by atoms with Crippen LogP contribution >= 0.6 is 0 Å². The molecule has 0 spiro atoms. The zero-order chi connectivity index (χ0) is 15.5. The molecule has 6 nitrogen and oxygen atoms in total. The van der Waals surface area contributed by atoms with Gasteiger partial charge in [0.05, 0.1) is 16.8 Å². The van der Waals surface area contributed by atoms with Gasteiger partial charge in [-0.25, -0.2) is 9.37 Å². The van der Waals surface area contributed by atoms with E-state index >= 15 is 0 Å². The Bertz CT molecular complexity index is 840. The minimum Gasteiger partial charge on any atom is -0.265 e. The zero-order valence-corrected chi connectivity index (χ0v) is 11.2. The monoisotopic (exact) mass is 296 g/mol. The van der Waals surface area contributed by atoms with Gasteiger partial charge in [-0.2, -0.15) is 0 Å². The molecule has 0 N–H and O–H groups in total. The predicted molar refractivity (Wildman–Crippen MR) is 77.3 cm³/mol. The number of rotatable bonds is 3. The molecule has 108 valence electrons. The van der Waals surface area contributed by atoms with Crippen molar-refractivity contribution in [3.63, 3.8) is 0 Å². The number of hydrogen-bond donors (Lipinski definition) is 0. The zero-order valence-electron chi connectivity index (χ0n) is 11.2. The first-order chi connectivity index (χ1) is 10.7. The maximum absolute atomic E-state index is 14.0. The van der Waals surface area contributed by atoms with Crippen molar-refractivity contribution in [2.24, 2.45) is 0 Å². The molecule has 3 aromatic rings. The maximum atomic E-state index is 14.0. The van der Waals surface area contributed by atoms with E-state index in [2.05, 4.69) is 15.0 Å². The maximum Gasteiger partial charge on any atom is 0.288 e. The average Bonchev–Trinajstić information content (AvgIpc) is 2.55. The number of pyridine rings is 3.